The summed E-state index contributed by atoms with van der Waals surface area (Å²) >= 11 is 0. The summed E-state index contributed by atoms with van der Waals surface area (Å²) in [7, 11) is 0. The van der Waals surface area contributed by atoms with Gasteiger partial charge in [0.1, 0.15) is 24.1 Å². The van der Waals surface area contributed by atoms with Crippen molar-refractivity contribution in [2.75, 3.05) is 0 Å². The van der Waals surface area contributed by atoms with Crippen LogP contribution in [-0.2, 0) is 11.4 Å². The molecular weight excluding hydrogens is 268 g/mol. The number of aromatic nitrogens is 3. The highest BCUT2D eigenvalue weighted by molar-refractivity contribution is 5.79. The van der Waals surface area contributed by atoms with Crippen molar-refractivity contribution in [1.82, 2.24) is 20.3 Å². The predicted molar refractivity (Wildman–Crippen MR) is 78.8 cm³/mol. The van der Waals surface area contributed by atoms with Crippen LogP contribution in [0.3, 0.4) is 0 Å². The van der Waals surface area contributed by atoms with Gasteiger partial charge in [-0.05, 0) is 32.9 Å². The van der Waals surface area contributed by atoms with Crippen LogP contribution in [0.4, 0.5) is 0 Å². The van der Waals surface area contributed by atoms with Crippen molar-refractivity contribution in [2.24, 2.45) is 0 Å². The average molecular weight is 288 g/mol. The molecule has 2 rings (SSSR count). The summed E-state index contributed by atoms with van der Waals surface area (Å²) in [6.45, 7) is 5.95. The molecule has 0 aliphatic heterocycles. The number of hydrogen-bond donors (Lipinski definition) is 1. The van der Waals surface area contributed by atoms with Crippen LogP contribution in [0.1, 0.15) is 32.5 Å². The highest BCUT2D eigenvalue weighted by Gasteiger charge is 2.17. The van der Waals surface area contributed by atoms with Crippen LogP contribution in [0.2, 0.25) is 0 Å². The van der Waals surface area contributed by atoms with E-state index in [1.807, 2.05) is 44.2 Å². The van der Waals surface area contributed by atoms with Crippen LogP contribution in [0, 0.1) is 0 Å². The Labute approximate surface area is 124 Å². The molecule has 1 N–H and O–H groups in total. The molecule has 2 aromatic rings. The molecule has 0 saturated heterocycles. The Hall–Kier alpha value is -2.37. The molecule has 0 aliphatic carbocycles. The monoisotopic (exact) mass is 288 g/mol. The number of para-hydroxylation sites is 1. The molecule has 112 valence electrons. The van der Waals surface area contributed by atoms with Crippen LogP contribution in [0.5, 0.6) is 5.75 Å². The van der Waals surface area contributed by atoms with Crippen molar-refractivity contribution >= 4 is 5.91 Å². The second kappa shape index (κ2) is 6.88. The van der Waals surface area contributed by atoms with Gasteiger partial charge in [0, 0.05) is 6.04 Å². The molecule has 21 heavy (non-hydrogen) atoms. The van der Waals surface area contributed by atoms with E-state index in [9.17, 15) is 4.79 Å². The molecule has 0 saturated carbocycles. The molecule has 0 spiro atoms. The van der Waals surface area contributed by atoms with Gasteiger partial charge in [0.25, 0.3) is 0 Å². The lowest BCUT2D eigenvalue weighted by atomic mass is 10.3. The molecular formula is C15H20N4O2. The van der Waals surface area contributed by atoms with Crippen molar-refractivity contribution in [3.63, 3.8) is 0 Å². The van der Waals surface area contributed by atoms with Crippen molar-refractivity contribution in [3.05, 3.63) is 42.2 Å². The maximum atomic E-state index is 11.9. The van der Waals surface area contributed by atoms with Gasteiger partial charge in [-0.25, -0.2) is 4.68 Å². The lowest BCUT2D eigenvalue weighted by Crippen LogP contribution is -2.35. The van der Waals surface area contributed by atoms with Crippen LogP contribution in [0.25, 0.3) is 0 Å². The average Bonchev–Trinajstić information content (AvgIpc) is 2.93. The number of amides is 1. The van der Waals surface area contributed by atoms with Gasteiger partial charge in [-0.1, -0.05) is 23.4 Å². The number of carbonyl (C=O) groups is 1. The Kier molecular flexibility index (Phi) is 4.92. The lowest BCUT2D eigenvalue weighted by Gasteiger charge is -2.13. The maximum absolute atomic E-state index is 11.9. The minimum Gasteiger partial charge on any atom is -0.487 e. The normalized spacial score (nSPS) is 12.2. The smallest absolute Gasteiger partial charge is 0.244 e. The van der Waals surface area contributed by atoms with Gasteiger partial charge >= 0.3 is 0 Å². The summed E-state index contributed by atoms with van der Waals surface area (Å²) in [4.78, 5) is 11.9. The third-order valence-electron chi connectivity index (χ3n) is 2.89. The summed E-state index contributed by atoms with van der Waals surface area (Å²) in [5, 5.41) is 10.9. The summed E-state index contributed by atoms with van der Waals surface area (Å²) < 4.78 is 7.14. The quantitative estimate of drug-likeness (QED) is 0.882. The first-order valence-electron chi connectivity index (χ1n) is 6.95. The number of rotatable bonds is 6. The zero-order valence-corrected chi connectivity index (χ0v) is 12.5. The van der Waals surface area contributed by atoms with Gasteiger partial charge in [0.2, 0.25) is 5.91 Å². The first-order chi connectivity index (χ1) is 10.1. The van der Waals surface area contributed by atoms with Crippen LogP contribution in [0.15, 0.2) is 36.5 Å². The largest absolute Gasteiger partial charge is 0.487 e. The summed E-state index contributed by atoms with van der Waals surface area (Å²) in [5.74, 6) is 0.697. The number of nitrogens with one attached hydrogen (secondary N) is 1. The van der Waals surface area contributed by atoms with Gasteiger partial charge in [-0.2, -0.15) is 0 Å². The minimum atomic E-state index is -0.398. The number of carbonyl (C=O) groups excluding carboxylic acids is 1. The van der Waals surface area contributed by atoms with E-state index in [0.29, 0.717) is 12.3 Å². The zero-order chi connectivity index (χ0) is 15.2. The topological polar surface area (TPSA) is 69.0 Å². The standard InChI is InChI=1S/C15H20N4O2/c1-11(2)16-15(20)12(3)19-9-13(17-18-19)10-21-14-7-5-4-6-8-14/h4-9,11-12H,10H2,1-3H3,(H,16,20)/t12-/m0/s1. The Morgan fingerprint density at radius 3 is 2.67 bits per heavy atom. The number of nitrogens with zero attached hydrogens (tertiary/aromatic N) is 3. The fraction of sp³-hybridized carbons (Fsp3) is 0.400. The number of hydrogen-bond acceptors (Lipinski definition) is 4. The second-order valence-electron chi connectivity index (χ2n) is 5.13. The fourth-order valence-electron chi connectivity index (χ4n) is 1.77. The third kappa shape index (κ3) is 4.30. The van der Waals surface area contributed by atoms with Gasteiger partial charge < -0.3 is 10.1 Å². The Balaban J connectivity index is 1.93. The molecule has 0 aliphatic rings. The SMILES string of the molecule is CC(C)NC(=O)[C@H](C)n1cc(COc2ccccc2)nn1. The Bertz CT molecular complexity index is 580. The number of ether oxygens (including phenoxy) is 1. The molecule has 1 heterocycles. The van der Waals surface area contributed by atoms with Crippen molar-refractivity contribution < 1.29 is 9.53 Å². The number of benzene rings is 1. The van der Waals surface area contributed by atoms with Crippen LogP contribution >= 0.6 is 0 Å². The van der Waals surface area contributed by atoms with E-state index in [4.69, 9.17) is 4.74 Å². The molecule has 1 aromatic heterocycles. The fourth-order valence-corrected chi connectivity index (χ4v) is 1.77. The molecule has 1 amide bonds. The van der Waals surface area contributed by atoms with Crippen LogP contribution < -0.4 is 10.1 Å². The maximum Gasteiger partial charge on any atom is 0.244 e. The molecule has 6 nitrogen and oxygen atoms in total. The van der Waals surface area contributed by atoms with Gasteiger partial charge in [0.15, 0.2) is 0 Å². The minimum absolute atomic E-state index is 0.0783. The molecule has 0 unspecified atom stereocenters. The summed E-state index contributed by atoms with van der Waals surface area (Å²) in [6, 6.07) is 9.20. The van der Waals surface area contributed by atoms with E-state index in [1.165, 1.54) is 0 Å². The predicted octanol–water partition coefficient (Wildman–Crippen LogP) is 1.94. The van der Waals surface area contributed by atoms with E-state index in [0.717, 1.165) is 5.75 Å². The molecule has 6 heteroatoms. The molecule has 1 aromatic carbocycles. The lowest BCUT2D eigenvalue weighted by molar-refractivity contribution is -0.124. The highest BCUT2D eigenvalue weighted by Crippen LogP contribution is 2.11. The first kappa shape index (κ1) is 15.0. The zero-order valence-electron chi connectivity index (χ0n) is 12.5. The second-order valence-corrected chi connectivity index (χ2v) is 5.13. The van der Waals surface area contributed by atoms with Gasteiger partial charge in [-0.3, -0.25) is 4.79 Å². The third-order valence-corrected chi connectivity index (χ3v) is 2.89. The van der Waals surface area contributed by atoms with E-state index < -0.39 is 6.04 Å². The summed E-state index contributed by atoms with van der Waals surface area (Å²) in [5.41, 5.74) is 0.683. The Morgan fingerprint density at radius 1 is 1.29 bits per heavy atom. The van der Waals surface area contributed by atoms with E-state index >= 15 is 0 Å². The summed E-state index contributed by atoms with van der Waals surface area (Å²) in [6.07, 6.45) is 1.73. The van der Waals surface area contributed by atoms with Crippen molar-refractivity contribution in [2.45, 2.75) is 39.5 Å². The molecule has 1 atom stereocenters. The van der Waals surface area contributed by atoms with Gasteiger partial charge in [-0.15, -0.1) is 5.10 Å². The van der Waals surface area contributed by atoms with E-state index in [-0.39, 0.29) is 11.9 Å². The molecule has 0 bridgehead atoms. The van der Waals surface area contributed by atoms with Crippen LogP contribution in [-0.4, -0.2) is 26.9 Å². The van der Waals surface area contributed by atoms with Crippen molar-refractivity contribution in [3.8, 4) is 5.75 Å². The van der Waals surface area contributed by atoms with E-state index in [1.54, 1.807) is 17.8 Å². The molecule has 0 fully saturated rings. The highest BCUT2D eigenvalue weighted by atomic mass is 16.5. The van der Waals surface area contributed by atoms with E-state index in [2.05, 4.69) is 15.6 Å². The first-order valence-corrected chi connectivity index (χ1v) is 6.95. The molecule has 0 radical (unpaired) electrons. The Morgan fingerprint density at radius 2 is 2.00 bits per heavy atom. The van der Waals surface area contributed by atoms with Gasteiger partial charge in [0.05, 0.1) is 6.20 Å². The van der Waals surface area contributed by atoms with Crippen molar-refractivity contribution in [1.29, 1.82) is 0 Å².